The molecule has 6 nitrogen and oxygen atoms in total. The quantitative estimate of drug-likeness (QED) is 0.753. The Bertz CT molecular complexity index is 522. The molecular weight excluding hydrogens is 296 g/mol. The van der Waals surface area contributed by atoms with Gasteiger partial charge in [0.25, 0.3) is 0 Å². The van der Waals surface area contributed by atoms with E-state index in [9.17, 15) is 9.59 Å². The summed E-state index contributed by atoms with van der Waals surface area (Å²) in [5, 5.41) is 14.4. The molecule has 0 bridgehead atoms. The lowest BCUT2D eigenvalue weighted by molar-refractivity contribution is -0.140. The predicted molar refractivity (Wildman–Crippen MR) is 81.0 cm³/mol. The average Bonchev–Trinajstić information content (AvgIpc) is 2.46. The number of hydrogen-bond acceptors (Lipinski definition) is 3. The van der Waals surface area contributed by atoms with Crippen LogP contribution in [0.2, 0.25) is 5.02 Å². The van der Waals surface area contributed by atoms with E-state index in [2.05, 4.69) is 10.6 Å². The highest BCUT2D eigenvalue weighted by molar-refractivity contribution is 6.33. The van der Waals surface area contributed by atoms with Gasteiger partial charge in [-0.2, -0.15) is 0 Å². The van der Waals surface area contributed by atoms with Gasteiger partial charge in [-0.3, -0.25) is 0 Å². The van der Waals surface area contributed by atoms with Crippen molar-refractivity contribution in [3.63, 3.8) is 0 Å². The zero-order chi connectivity index (χ0) is 16.0. The number of nitrogens with one attached hydrogen (secondary N) is 2. The van der Waals surface area contributed by atoms with Crippen LogP contribution in [0, 0.1) is 5.92 Å². The SMILES string of the molecule is CC[C@H](C)[C@H](NC(=O)Nc1cc(OC)ccc1Cl)C(=O)O. The minimum atomic E-state index is -1.07. The number of amides is 2. The van der Waals surface area contributed by atoms with E-state index in [4.69, 9.17) is 21.4 Å². The van der Waals surface area contributed by atoms with E-state index < -0.39 is 18.0 Å². The van der Waals surface area contributed by atoms with Gasteiger partial charge in [-0.1, -0.05) is 31.9 Å². The molecule has 0 unspecified atom stereocenters. The van der Waals surface area contributed by atoms with E-state index in [1.165, 1.54) is 7.11 Å². The molecule has 2 atom stereocenters. The van der Waals surface area contributed by atoms with Gasteiger partial charge >= 0.3 is 12.0 Å². The maximum atomic E-state index is 11.9. The van der Waals surface area contributed by atoms with E-state index in [1.54, 1.807) is 25.1 Å². The largest absolute Gasteiger partial charge is 0.497 e. The van der Waals surface area contributed by atoms with Gasteiger partial charge in [0.05, 0.1) is 17.8 Å². The third-order valence-electron chi connectivity index (χ3n) is 3.19. The Labute approximate surface area is 128 Å². The number of methoxy groups -OCH3 is 1. The molecule has 3 N–H and O–H groups in total. The second-order valence-corrected chi connectivity index (χ2v) is 5.05. The Kier molecular flexibility index (Phi) is 6.30. The highest BCUT2D eigenvalue weighted by Crippen LogP contribution is 2.26. The zero-order valence-corrected chi connectivity index (χ0v) is 12.9. The molecule has 21 heavy (non-hydrogen) atoms. The van der Waals surface area contributed by atoms with E-state index in [1.807, 2.05) is 6.92 Å². The first kappa shape index (κ1) is 17.1. The van der Waals surface area contributed by atoms with Crippen LogP contribution in [0.25, 0.3) is 0 Å². The minimum Gasteiger partial charge on any atom is -0.497 e. The molecule has 116 valence electrons. The Morgan fingerprint density at radius 3 is 2.62 bits per heavy atom. The van der Waals surface area contributed by atoms with E-state index in [-0.39, 0.29) is 5.92 Å². The van der Waals surface area contributed by atoms with E-state index in [0.717, 1.165) is 0 Å². The molecule has 0 fully saturated rings. The van der Waals surface area contributed by atoms with Crippen molar-refractivity contribution in [2.75, 3.05) is 12.4 Å². The molecule has 7 heteroatoms. The van der Waals surface area contributed by atoms with Crippen LogP contribution in [0.3, 0.4) is 0 Å². The summed E-state index contributed by atoms with van der Waals surface area (Å²) in [6.07, 6.45) is 0.636. The Morgan fingerprint density at radius 1 is 1.43 bits per heavy atom. The number of aliphatic carboxylic acids is 1. The maximum absolute atomic E-state index is 11.9. The fourth-order valence-corrected chi connectivity index (χ4v) is 1.87. The van der Waals surface area contributed by atoms with Crippen molar-refractivity contribution in [2.24, 2.45) is 5.92 Å². The van der Waals surface area contributed by atoms with Gasteiger partial charge in [0, 0.05) is 6.07 Å². The number of hydrogen-bond donors (Lipinski definition) is 3. The summed E-state index contributed by atoms with van der Waals surface area (Å²) in [6.45, 7) is 3.62. The van der Waals surface area contributed by atoms with Crippen molar-refractivity contribution >= 4 is 29.3 Å². The number of carboxylic acids is 1. The first-order valence-corrected chi connectivity index (χ1v) is 6.90. The third kappa shape index (κ3) is 4.82. The number of urea groups is 1. The maximum Gasteiger partial charge on any atom is 0.326 e. The molecule has 0 spiro atoms. The van der Waals surface area contributed by atoms with Gasteiger partial charge in [0.2, 0.25) is 0 Å². The summed E-state index contributed by atoms with van der Waals surface area (Å²) in [5.74, 6) is -0.725. The number of rotatable bonds is 6. The van der Waals surface area contributed by atoms with Crippen LogP contribution in [0.1, 0.15) is 20.3 Å². The molecule has 0 aliphatic rings. The summed E-state index contributed by atoms with van der Waals surface area (Å²) in [4.78, 5) is 23.1. The summed E-state index contributed by atoms with van der Waals surface area (Å²) in [7, 11) is 1.50. The molecule has 0 radical (unpaired) electrons. The van der Waals surface area contributed by atoms with Gasteiger partial charge in [-0.15, -0.1) is 0 Å². The topological polar surface area (TPSA) is 87.7 Å². The second kappa shape index (κ2) is 7.73. The van der Waals surface area contributed by atoms with E-state index >= 15 is 0 Å². The number of anilines is 1. The van der Waals surface area contributed by atoms with Crippen LogP contribution in [-0.4, -0.2) is 30.3 Å². The summed E-state index contributed by atoms with van der Waals surface area (Å²) >= 11 is 5.97. The monoisotopic (exact) mass is 314 g/mol. The lowest BCUT2D eigenvalue weighted by atomic mass is 9.99. The molecule has 0 aliphatic carbocycles. The van der Waals surface area contributed by atoms with Crippen LogP contribution in [0.5, 0.6) is 5.75 Å². The minimum absolute atomic E-state index is 0.186. The van der Waals surface area contributed by atoms with Crippen molar-refractivity contribution < 1.29 is 19.4 Å². The van der Waals surface area contributed by atoms with Crippen LogP contribution in [0.4, 0.5) is 10.5 Å². The fraction of sp³-hybridized carbons (Fsp3) is 0.429. The second-order valence-electron chi connectivity index (χ2n) is 4.65. The number of carboxylic acid groups (broad SMARTS) is 1. The Hall–Kier alpha value is -1.95. The van der Waals surface area contributed by atoms with Crippen LogP contribution in [-0.2, 0) is 4.79 Å². The highest BCUT2D eigenvalue weighted by Gasteiger charge is 2.25. The first-order chi connectivity index (χ1) is 9.88. The van der Waals surface area contributed by atoms with Gasteiger partial charge < -0.3 is 20.5 Å². The highest BCUT2D eigenvalue weighted by atomic mass is 35.5. The molecular formula is C14H19ClN2O4. The molecule has 0 aromatic heterocycles. The Balaban J connectivity index is 2.79. The molecule has 2 amide bonds. The number of ether oxygens (including phenoxy) is 1. The molecule has 0 aliphatic heterocycles. The van der Waals surface area contributed by atoms with Crippen molar-refractivity contribution in [1.82, 2.24) is 5.32 Å². The summed E-state index contributed by atoms with van der Waals surface area (Å²) in [6, 6.07) is 3.21. The van der Waals surface area contributed by atoms with E-state index in [0.29, 0.717) is 22.9 Å². The normalized spacial score (nSPS) is 13.1. The van der Waals surface area contributed by atoms with Crippen LogP contribution >= 0.6 is 11.6 Å². The molecule has 0 saturated carbocycles. The lowest BCUT2D eigenvalue weighted by Crippen LogP contribution is -2.46. The average molecular weight is 315 g/mol. The van der Waals surface area contributed by atoms with Gasteiger partial charge in [-0.05, 0) is 18.1 Å². The van der Waals surface area contributed by atoms with Crippen LogP contribution < -0.4 is 15.4 Å². The summed E-state index contributed by atoms with van der Waals surface area (Å²) in [5.41, 5.74) is 0.349. The first-order valence-electron chi connectivity index (χ1n) is 6.52. The lowest BCUT2D eigenvalue weighted by Gasteiger charge is -2.20. The third-order valence-corrected chi connectivity index (χ3v) is 3.52. The molecule has 1 aromatic carbocycles. The molecule has 1 rings (SSSR count). The summed E-state index contributed by atoms with van der Waals surface area (Å²) < 4.78 is 5.04. The predicted octanol–water partition coefficient (Wildman–Crippen LogP) is 2.97. The zero-order valence-electron chi connectivity index (χ0n) is 12.1. The smallest absolute Gasteiger partial charge is 0.326 e. The molecule has 0 saturated heterocycles. The van der Waals surface area contributed by atoms with Gasteiger partial charge in [0.1, 0.15) is 11.8 Å². The van der Waals surface area contributed by atoms with Crippen LogP contribution in [0.15, 0.2) is 18.2 Å². The van der Waals surface area contributed by atoms with Crippen molar-refractivity contribution in [3.05, 3.63) is 23.2 Å². The van der Waals surface area contributed by atoms with Gasteiger partial charge in [-0.25, -0.2) is 9.59 Å². The van der Waals surface area contributed by atoms with Crippen molar-refractivity contribution in [2.45, 2.75) is 26.3 Å². The van der Waals surface area contributed by atoms with Gasteiger partial charge in [0.15, 0.2) is 0 Å². The van der Waals surface area contributed by atoms with Crippen molar-refractivity contribution in [1.29, 1.82) is 0 Å². The van der Waals surface area contributed by atoms with Crippen molar-refractivity contribution in [3.8, 4) is 5.75 Å². The number of halogens is 1. The number of benzene rings is 1. The number of carbonyl (C=O) groups excluding carboxylic acids is 1. The molecule has 0 heterocycles. The Morgan fingerprint density at radius 2 is 2.10 bits per heavy atom. The fourth-order valence-electron chi connectivity index (χ4n) is 1.71. The standard InChI is InChI=1S/C14H19ClN2O4/c1-4-8(2)12(13(18)19)17-14(20)16-11-7-9(21-3)5-6-10(11)15/h5-8,12H,4H2,1-3H3,(H,18,19)(H2,16,17,20)/t8-,12-/m0/s1. The molecule has 1 aromatic rings. The number of carbonyl (C=O) groups is 2.